The molecule has 3 aromatic rings. The van der Waals surface area contributed by atoms with Crippen molar-refractivity contribution in [1.29, 1.82) is 0 Å². The van der Waals surface area contributed by atoms with Gasteiger partial charge >= 0.3 is 0 Å². The van der Waals surface area contributed by atoms with Crippen LogP contribution in [0.15, 0.2) is 48.5 Å². The maximum Gasteiger partial charge on any atom is 0.195 e. The van der Waals surface area contributed by atoms with Crippen LogP contribution in [0.5, 0.6) is 11.5 Å². The minimum atomic E-state index is 0.503. The molecule has 1 N–H and O–H groups in total. The summed E-state index contributed by atoms with van der Waals surface area (Å²) in [6, 6.07) is 15.9. The number of benzene rings is 2. The number of methoxy groups -OCH3 is 1. The first kappa shape index (κ1) is 22.1. The van der Waals surface area contributed by atoms with Gasteiger partial charge in [0.2, 0.25) is 0 Å². The third-order valence-electron chi connectivity index (χ3n) is 5.19. The minimum Gasteiger partial charge on any atom is -0.497 e. The van der Waals surface area contributed by atoms with E-state index >= 15 is 0 Å². The fourth-order valence-corrected chi connectivity index (χ4v) is 3.55. The van der Waals surface area contributed by atoms with Crippen LogP contribution in [0.1, 0.15) is 25.8 Å². The molecule has 0 bridgehead atoms. The average molecular weight is 427 g/mol. The molecule has 160 valence electrons. The van der Waals surface area contributed by atoms with E-state index in [-0.39, 0.29) is 0 Å². The molecule has 0 amide bonds. The highest BCUT2D eigenvalue weighted by Crippen LogP contribution is 2.21. The molecule has 0 saturated heterocycles. The number of aromatic amines is 1. The zero-order valence-electron chi connectivity index (χ0n) is 17.9. The maximum atomic E-state index is 5.86. The monoisotopic (exact) mass is 426 g/mol. The van der Waals surface area contributed by atoms with Gasteiger partial charge in [0.25, 0.3) is 0 Å². The van der Waals surface area contributed by atoms with E-state index < -0.39 is 0 Å². The third-order valence-corrected chi connectivity index (χ3v) is 5.50. The van der Waals surface area contributed by atoms with E-state index in [2.05, 4.69) is 57.8 Å². The van der Waals surface area contributed by atoms with Gasteiger partial charge in [-0.25, -0.2) is 0 Å². The van der Waals surface area contributed by atoms with Gasteiger partial charge in [0, 0.05) is 12.1 Å². The molecule has 0 aliphatic heterocycles. The second-order valence-electron chi connectivity index (χ2n) is 7.05. The van der Waals surface area contributed by atoms with E-state index in [4.69, 9.17) is 21.7 Å². The normalized spacial score (nSPS) is 11.1. The predicted octanol–water partition coefficient (Wildman–Crippen LogP) is 4.93. The van der Waals surface area contributed by atoms with E-state index in [9.17, 15) is 0 Å². The van der Waals surface area contributed by atoms with E-state index in [1.165, 1.54) is 0 Å². The van der Waals surface area contributed by atoms with Crippen LogP contribution in [0.25, 0.3) is 11.4 Å². The van der Waals surface area contributed by atoms with Crippen LogP contribution in [0.2, 0.25) is 0 Å². The molecule has 0 unspecified atom stereocenters. The number of H-pyrrole nitrogens is 1. The van der Waals surface area contributed by atoms with Crippen molar-refractivity contribution in [2.45, 2.75) is 33.4 Å². The summed E-state index contributed by atoms with van der Waals surface area (Å²) in [6.45, 7) is 8.94. The van der Waals surface area contributed by atoms with E-state index in [1.807, 2.05) is 24.3 Å². The van der Waals surface area contributed by atoms with Crippen LogP contribution in [0, 0.1) is 4.77 Å². The van der Waals surface area contributed by atoms with Gasteiger partial charge in [0.05, 0.1) is 7.11 Å². The number of hydrogen-bond acceptors (Lipinski definition) is 5. The zero-order chi connectivity index (χ0) is 21.3. The molecule has 7 heteroatoms. The van der Waals surface area contributed by atoms with Gasteiger partial charge in [0.1, 0.15) is 18.1 Å². The van der Waals surface area contributed by atoms with E-state index in [1.54, 1.807) is 7.11 Å². The number of rotatable bonds is 11. The molecule has 2 aromatic carbocycles. The van der Waals surface area contributed by atoms with Gasteiger partial charge in [-0.1, -0.05) is 38.1 Å². The second-order valence-corrected chi connectivity index (χ2v) is 7.43. The van der Waals surface area contributed by atoms with Crippen molar-refractivity contribution in [1.82, 2.24) is 19.7 Å². The highest BCUT2D eigenvalue weighted by atomic mass is 32.1. The van der Waals surface area contributed by atoms with Gasteiger partial charge in [-0.05, 0) is 68.1 Å². The van der Waals surface area contributed by atoms with Crippen LogP contribution in [-0.4, -0.2) is 46.4 Å². The van der Waals surface area contributed by atoms with Crippen molar-refractivity contribution in [3.05, 3.63) is 58.9 Å². The van der Waals surface area contributed by atoms with Crippen LogP contribution in [0.4, 0.5) is 0 Å². The van der Waals surface area contributed by atoms with Crippen molar-refractivity contribution in [3.8, 4) is 22.9 Å². The molecular weight excluding hydrogens is 396 g/mol. The molecule has 30 heavy (non-hydrogen) atoms. The van der Waals surface area contributed by atoms with Crippen molar-refractivity contribution in [3.63, 3.8) is 0 Å². The summed E-state index contributed by atoms with van der Waals surface area (Å²) in [5.41, 5.74) is 2.13. The first-order chi connectivity index (χ1) is 14.6. The largest absolute Gasteiger partial charge is 0.497 e. The Balaban J connectivity index is 1.62. The molecular formula is C23H30N4O2S. The minimum absolute atomic E-state index is 0.503. The van der Waals surface area contributed by atoms with Crippen molar-refractivity contribution in [2.75, 3.05) is 26.7 Å². The maximum absolute atomic E-state index is 5.86. The molecule has 1 aromatic heterocycles. The van der Waals surface area contributed by atoms with E-state index in [0.717, 1.165) is 61.1 Å². The highest BCUT2D eigenvalue weighted by Gasteiger charge is 2.10. The Kier molecular flexibility index (Phi) is 8.04. The highest BCUT2D eigenvalue weighted by molar-refractivity contribution is 7.71. The fourth-order valence-electron chi connectivity index (χ4n) is 3.33. The summed E-state index contributed by atoms with van der Waals surface area (Å²) in [5, 5.41) is 7.39. The van der Waals surface area contributed by atoms with Crippen molar-refractivity contribution in [2.24, 2.45) is 0 Å². The first-order valence-electron chi connectivity index (χ1n) is 10.4. The molecule has 6 nitrogen and oxygen atoms in total. The Morgan fingerprint density at radius 1 is 1.00 bits per heavy atom. The summed E-state index contributed by atoms with van der Waals surface area (Å²) in [4.78, 5) is 2.42. The van der Waals surface area contributed by atoms with Gasteiger partial charge in [0.15, 0.2) is 10.6 Å². The second kappa shape index (κ2) is 10.9. The quantitative estimate of drug-likeness (QED) is 0.441. The molecule has 0 saturated carbocycles. The summed E-state index contributed by atoms with van der Waals surface area (Å²) in [7, 11) is 1.65. The fraction of sp³-hybridized carbons (Fsp3) is 0.391. The number of ether oxygens (including phenoxy) is 2. The lowest BCUT2D eigenvalue weighted by Crippen LogP contribution is -2.24. The Morgan fingerprint density at radius 2 is 1.67 bits per heavy atom. The number of hydrogen-bond donors (Lipinski definition) is 1. The number of aromatic nitrogens is 3. The molecule has 0 spiro atoms. The van der Waals surface area contributed by atoms with Crippen molar-refractivity contribution < 1.29 is 9.47 Å². The van der Waals surface area contributed by atoms with Crippen LogP contribution < -0.4 is 9.47 Å². The summed E-state index contributed by atoms with van der Waals surface area (Å²) >= 11 is 5.45. The Labute approximate surface area is 183 Å². The number of nitrogens with one attached hydrogen (secondary N) is 1. The lowest BCUT2D eigenvalue weighted by atomic mass is 10.1. The summed E-state index contributed by atoms with van der Waals surface area (Å²) in [5.74, 6) is 2.51. The first-order valence-corrected chi connectivity index (χ1v) is 10.8. The average Bonchev–Trinajstić information content (AvgIpc) is 3.16. The summed E-state index contributed by atoms with van der Waals surface area (Å²) in [6.07, 6.45) is 1.04. The van der Waals surface area contributed by atoms with Gasteiger partial charge in [-0.2, -0.15) is 5.10 Å². The SMILES string of the molecule is CCN(CC)CCCn1c(-c2ccc(COc3ccc(OC)cc3)cc2)n[nH]c1=S. The predicted molar refractivity (Wildman–Crippen MR) is 123 cm³/mol. The molecule has 0 aliphatic carbocycles. The summed E-state index contributed by atoms with van der Waals surface area (Å²) < 4.78 is 13.8. The zero-order valence-corrected chi connectivity index (χ0v) is 18.7. The smallest absolute Gasteiger partial charge is 0.195 e. The van der Waals surface area contributed by atoms with Gasteiger partial charge in [-0.15, -0.1) is 0 Å². The van der Waals surface area contributed by atoms with E-state index in [0.29, 0.717) is 11.4 Å². The molecule has 0 fully saturated rings. The molecule has 0 atom stereocenters. The van der Waals surface area contributed by atoms with Crippen LogP contribution >= 0.6 is 12.2 Å². The Morgan fingerprint density at radius 3 is 2.30 bits per heavy atom. The number of nitrogens with zero attached hydrogens (tertiary/aromatic N) is 3. The van der Waals surface area contributed by atoms with Gasteiger partial charge in [-0.3, -0.25) is 5.10 Å². The Bertz CT molecular complexity index is 960. The van der Waals surface area contributed by atoms with Gasteiger partial charge < -0.3 is 18.9 Å². The van der Waals surface area contributed by atoms with Crippen LogP contribution in [0.3, 0.4) is 0 Å². The molecule has 0 radical (unpaired) electrons. The van der Waals surface area contributed by atoms with Crippen LogP contribution in [-0.2, 0) is 13.2 Å². The Hall–Kier alpha value is -2.64. The molecule has 0 aliphatic rings. The molecule has 3 rings (SSSR count). The van der Waals surface area contributed by atoms with Crippen molar-refractivity contribution >= 4 is 12.2 Å². The standard InChI is InChI=1S/C23H30N4O2S/c1-4-26(5-2)15-6-16-27-22(24-25-23(27)30)19-9-7-18(8-10-19)17-29-21-13-11-20(28-3)12-14-21/h7-14H,4-6,15-17H2,1-3H3,(H,25,30). The third kappa shape index (κ3) is 5.70. The molecule has 1 heterocycles. The lowest BCUT2D eigenvalue weighted by Gasteiger charge is -2.18. The topological polar surface area (TPSA) is 55.3 Å². The lowest BCUT2D eigenvalue weighted by molar-refractivity contribution is 0.293.